The van der Waals surface area contributed by atoms with Crippen LogP contribution in [-0.4, -0.2) is 53.6 Å². The van der Waals surface area contributed by atoms with Gasteiger partial charge in [-0.05, 0) is 43.0 Å². The molecule has 1 amide bonds. The molecule has 5 rings (SSSR count). The van der Waals surface area contributed by atoms with Gasteiger partial charge in [-0.3, -0.25) is 4.79 Å². The molecule has 1 aromatic heterocycles. The summed E-state index contributed by atoms with van der Waals surface area (Å²) in [5, 5.41) is 0. The van der Waals surface area contributed by atoms with Crippen molar-refractivity contribution < 1.29 is 9.53 Å². The average Bonchev–Trinajstić information content (AvgIpc) is 2.95. The molecule has 6 nitrogen and oxygen atoms in total. The number of ether oxygens (including phenoxy) is 1. The first kappa shape index (κ1) is 26.4. The van der Waals surface area contributed by atoms with Gasteiger partial charge in [0.05, 0.1) is 25.5 Å². The van der Waals surface area contributed by atoms with Crippen molar-refractivity contribution in [1.29, 1.82) is 0 Å². The van der Waals surface area contributed by atoms with E-state index in [4.69, 9.17) is 14.7 Å². The third-order valence-corrected chi connectivity index (χ3v) is 7.65. The van der Waals surface area contributed by atoms with E-state index in [0.29, 0.717) is 32.7 Å². The molecule has 6 heteroatoms. The molecule has 1 fully saturated rings. The van der Waals surface area contributed by atoms with E-state index in [1.54, 1.807) is 0 Å². The lowest BCUT2D eigenvalue weighted by Gasteiger charge is -2.34. The van der Waals surface area contributed by atoms with Gasteiger partial charge in [0.25, 0.3) is 5.91 Å². The summed E-state index contributed by atoms with van der Waals surface area (Å²) < 4.78 is 5.62. The molecule has 2 aliphatic rings. The molecule has 3 aromatic rings. The zero-order chi connectivity index (χ0) is 26.3. The topological polar surface area (TPSA) is 58.6 Å². The number of nitrogens with zero attached hydrogens (tertiary/aromatic N) is 4. The fraction of sp³-hybridized carbons (Fsp3) is 0.469. The van der Waals surface area contributed by atoms with Crippen LogP contribution >= 0.6 is 0 Å². The Morgan fingerprint density at radius 2 is 1.76 bits per heavy atom. The number of aromatic nitrogens is 2. The smallest absolute Gasteiger partial charge is 0.254 e. The molecule has 0 radical (unpaired) electrons. The predicted octanol–water partition coefficient (Wildman–Crippen LogP) is 5.53. The van der Waals surface area contributed by atoms with E-state index >= 15 is 0 Å². The van der Waals surface area contributed by atoms with Crippen LogP contribution in [0.25, 0.3) is 0 Å². The molecule has 38 heavy (non-hydrogen) atoms. The Morgan fingerprint density at radius 3 is 2.53 bits per heavy atom. The predicted molar refractivity (Wildman–Crippen MR) is 152 cm³/mol. The van der Waals surface area contributed by atoms with Crippen LogP contribution < -0.4 is 4.90 Å². The molecular formula is C32H40N4O2. The average molecular weight is 513 g/mol. The van der Waals surface area contributed by atoms with Gasteiger partial charge in [0.1, 0.15) is 11.6 Å². The van der Waals surface area contributed by atoms with Crippen molar-refractivity contribution in [1.82, 2.24) is 14.9 Å². The Morgan fingerprint density at radius 1 is 0.947 bits per heavy atom. The maximum absolute atomic E-state index is 13.5. The molecule has 0 bridgehead atoms. The van der Waals surface area contributed by atoms with E-state index in [2.05, 4.69) is 55.1 Å². The van der Waals surface area contributed by atoms with Crippen molar-refractivity contribution >= 4 is 11.7 Å². The number of unbranched alkanes of at least 4 members (excludes halogenated alkanes) is 3. The fourth-order valence-corrected chi connectivity index (χ4v) is 5.49. The number of carbonyl (C=O) groups is 1. The van der Waals surface area contributed by atoms with Gasteiger partial charge in [-0.2, -0.15) is 0 Å². The Balaban J connectivity index is 1.34. The second-order valence-corrected chi connectivity index (χ2v) is 10.6. The molecule has 2 aliphatic heterocycles. The van der Waals surface area contributed by atoms with Crippen LogP contribution in [0.2, 0.25) is 0 Å². The van der Waals surface area contributed by atoms with E-state index in [-0.39, 0.29) is 5.91 Å². The van der Waals surface area contributed by atoms with Crippen molar-refractivity contribution in [2.75, 3.05) is 37.7 Å². The van der Waals surface area contributed by atoms with Crippen molar-refractivity contribution in [3.63, 3.8) is 0 Å². The zero-order valence-corrected chi connectivity index (χ0v) is 22.9. The summed E-state index contributed by atoms with van der Waals surface area (Å²) >= 11 is 0. The Labute approximate surface area is 227 Å². The minimum Gasteiger partial charge on any atom is -0.378 e. The lowest BCUT2D eigenvalue weighted by Crippen LogP contribution is -2.41. The van der Waals surface area contributed by atoms with E-state index in [1.807, 2.05) is 17.0 Å². The van der Waals surface area contributed by atoms with Crippen molar-refractivity contribution in [3.05, 3.63) is 87.9 Å². The summed E-state index contributed by atoms with van der Waals surface area (Å²) in [7, 11) is 0. The minimum atomic E-state index is 0.0879. The molecule has 2 aromatic carbocycles. The number of morpholine rings is 1. The Bertz CT molecular complexity index is 1230. The van der Waals surface area contributed by atoms with Crippen LogP contribution in [0, 0.1) is 6.92 Å². The number of aryl methyl sites for hydroxylation is 2. The molecule has 0 N–H and O–H groups in total. The number of anilines is 1. The van der Waals surface area contributed by atoms with Crippen LogP contribution in [0.15, 0.2) is 48.5 Å². The van der Waals surface area contributed by atoms with Crippen LogP contribution in [-0.2, 0) is 30.5 Å². The van der Waals surface area contributed by atoms with Crippen LogP contribution in [0.4, 0.5) is 5.82 Å². The van der Waals surface area contributed by atoms with Crippen molar-refractivity contribution in [2.45, 2.75) is 65.3 Å². The quantitative estimate of drug-likeness (QED) is 0.353. The SMILES string of the molecule is CCCCCCc1ccc(C(=O)N2CCc3nc(Cc4cccc(C)c4)nc(N4CCOCC4)c3C2)cc1. The molecule has 200 valence electrons. The molecule has 0 atom stereocenters. The maximum atomic E-state index is 13.5. The summed E-state index contributed by atoms with van der Waals surface area (Å²) in [4.78, 5) is 27.9. The first-order valence-electron chi connectivity index (χ1n) is 14.3. The van der Waals surface area contributed by atoms with Gasteiger partial charge in [-0.15, -0.1) is 0 Å². The standard InChI is InChI=1S/C32H40N4O2/c1-3-4-5-6-9-25-11-13-27(14-12-25)32(37)36-16-15-29-28(23-36)31(35-17-19-38-20-18-35)34-30(33-29)22-26-10-7-8-24(2)21-26/h7-8,10-14,21H,3-6,9,15-20,22-23H2,1-2H3. The second kappa shape index (κ2) is 12.5. The molecule has 0 spiro atoms. The first-order valence-corrected chi connectivity index (χ1v) is 14.3. The van der Waals surface area contributed by atoms with E-state index in [9.17, 15) is 4.79 Å². The summed E-state index contributed by atoms with van der Waals surface area (Å²) in [6.45, 7) is 8.57. The van der Waals surface area contributed by atoms with Crippen LogP contribution in [0.1, 0.15) is 76.7 Å². The van der Waals surface area contributed by atoms with Gasteiger partial charge in [0, 0.05) is 43.6 Å². The highest BCUT2D eigenvalue weighted by Gasteiger charge is 2.29. The van der Waals surface area contributed by atoms with Gasteiger partial charge < -0.3 is 14.5 Å². The third-order valence-electron chi connectivity index (χ3n) is 7.65. The first-order chi connectivity index (χ1) is 18.6. The number of fused-ring (bicyclic) bond motifs is 1. The second-order valence-electron chi connectivity index (χ2n) is 10.6. The highest BCUT2D eigenvalue weighted by Crippen LogP contribution is 2.29. The van der Waals surface area contributed by atoms with Gasteiger partial charge in [-0.1, -0.05) is 68.1 Å². The normalized spacial score (nSPS) is 15.4. The summed E-state index contributed by atoms with van der Waals surface area (Å²) in [5.41, 5.74) is 6.70. The van der Waals surface area contributed by atoms with Gasteiger partial charge in [0.2, 0.25) is 0 Å². The van der Waals surface area contributed by atoms with Crippen molar-refractivity contribution in [2.24, 2.45) is 0 Å². The van der Waals surface area contributed by atoms with Crippen molar-refractivity contribution in [3.8, 4) is 0 Å². The molecule has 1 saturated heterocycles. The van der Waals surface area contributed by atoms with E-state index in [0.717, 1.165) is 54.4 Å². The van der Waals surface area contributed by atoms with Gasteiger partial charge >= 0.3 is 0 Å². The third kappa shape index (κ3) is 6.41. The number of hydrogen-bond acceptors (Lipinski definition) is 5. The highest BCUT2D eigenvalue weighted by molar-refractivity contribution is 5.94. The Kier molecular flexibility index (Phi) is 8.69. The monoisotopic (exact) mass is 512 g/mol. The number of benzene rings is 2. The summed E-state index contributed by atoms with van der Waals surface area (Å²) in [6.07, 6.45) is 7.55. The lowest BCUT2D eigenvalue weighted by molar-refractivity contribution is 0.0733. The van der Waals surface area contributed by atoms with Gasteiger partial charge in [0.15, 0.2) is 0 Å². The largest absolute Gasteiger partial charge is 0.378 e. The number of hydrogen-bond donors (Lipinski definition) is 0. The number of carbonyl (C=O) groups excluding carboxylic acids is 1. The minimum absolute atomic E-state index is 0.0879. The van der Waals surface area contributed by atoms with Gasteiger partial charge in [-0.25, -0.2) is 9.97 Å². The highest BCUT2D eigenvalue weighted by atomic mass is 16.5. The Hall–Kier alpha value is -3.25. The molecular weight excluding hydrogens is 472 g/mol. The van der Waals surface area contributed by atoms with E-state index in [1.165, 1.54) is 42.4 Å². The summed E-state index contributed by atoms with van der Waals surface area (Å²) in [5.74, 6) is 1.91. The molecule has 3 heterocycles. The van der Waals surface area contributed by atoms with Crippen LogP contribution in [0.5, 0.6) is 0 Å². The van der Waals surface area contributed by atoms with E-state index < -0.39 is 0 Å². The summed E-state index contributed by atoms with van der Waals surface area (Å²) in [6, 6.07) is 16.8. The molecule has 0 aliphatic carbocycles. The lowest BCUT2D eigenvalue weighted by atomic mass is 10.0. The van der Waals surface area contributed by atoms with Crippen LogP contribution in [0.3, 0.4) is 0 Å². The molecule has 0 unspecified atom stereocenters. The number of amides is 1. The fourth-order valence-electron chi connectivity index (χ4n) is 5.49. The zero-order valence-electron chi connectivity index (χ0n) is 22.9. The maximum Gasteiger partial charge on any atom is 0.254 e. The molecule has 0 saturated carbocycles. The number of rotatable bonds is 9.